The fourth-order valence-corrected chi connectivity index (χ4v) is 4.96. The van der Waals surface area contributed by atoms with Crippen LogP contribution in [0.1, 0.15) is 18.3 Å². The summed E-state index contributed by atoms with van der Waals surface area (Å²) in [5, 5.41) is 3.72. The Labute approximate surface area is 195 Å². The molecular weight excluding hydrogens is 494 g/mol. The number of imidazole rings is 1. The lowest BCUT2D eigenvalue weighted by molar-refractivity contribution is -0.0248. The minimum Gasteiger partial charge on any atom is -0.334 e. The van der Waals surface area contributed by atoms with Crippen molar-refractivity contribution in [2.24, 2.45) is 0 Å². The number of hydrogen-bond donors (Lipinski definition) is 1. The van der Waals surface area contributed by atoms with Gasteiger partial charge in [-0.25, -0.2) is 36.3 Å². The van der Waals surface area contributed by atoms with Gasteiger partial charge in [0.2, 0.25) is 10.0 Å². The topological polar surface area (TPSA) is 112 Å². The van der Waals surface area contributed by atoms with Gasteiger partial charge >= 0.3 is 11.6 Å². The van der Waals surface area contributed by atoms with Crippen molar-refractivity contribution in [3.05, 3.63) is 64.0 Å². The quantitative estimate of drug-likeness (QED) is 0.413. The first-order chi connectivity index (χ1) is 16.4. The summed E-state index contributed by atoms with van der Waals surface area (Å²) in [7, 11) is -3.97. The van der Waals surface area contributed by atoms with Crippen LogP contribution in [0.5, 0.6) is 0 Å². The number of aryl methyl sites for hydroxylation is 1. The van der Waals surface area contributed by atoms with E-state index in [1.54, 1.807) is 6.92 Å². The van der Waals surface area contributed by atoms with Crippen molar-refractivity contribution >= 4 is 21.1 Å². The number of hydrogen-bond acceptors (Lipinski definition) is 6. The molecule has 0 saturated carbocycles. The second-order valence-electron chi connectivity index (χ2n) is 8.07. The summed E-state index contributed by atoms with van der Waals surface area (Å²) in [6.07, 6.45) is 0.807. The Balaban J connectivity index is 1.69. The number of nitrogens with zero attached hydrogens (tertiary/aromatic N) is 4. The van der Waals surface area contributed by atoms with E-state index >= 15 is 8.78 Å². The summed E-state index contributed by atoms with van der Waals surface area (Å²) in [5.41, 5.74) is -1.99. The van der Waals surface area contributed by atoms with Gasteiger partial charge in [0.25, 0.3) is 5.71 Å². The highest BCUT2D eigenvalue weighted by Gasteiger charge is 2.52. The van der Waals surface area contributed by atoms with E-state index in [2.05, 4.69) is 10.1 Å². The average molecular weight is 511 g/mol. The SMILES string of the molecule is CCS(=O)(=O)N[C@@H]1Cn2c(cn(-c3noc4nc(C)cc(-c5c(F)cccc5F)c34)c2=O)C1(F)F. The summed E-state index contributed by atoms with van der Waals surface area (Å²) in [4.78, 5) is 17.2. The van der Waals surface area contributed by atoms with Crippen LogP contribution in [-0.2, 0) is 22.5 Å². The van der Waals surface area contributed by atoms with Gasteiger partial charge in [0.15, 0.2) is 5.82 Å². The zero-order valence-electron chi connectivity index (χ0n) is 18.2. The summed E-state index contributed by atoms with van der Waals surface area (Å²) in [5.74, 6) is -6.22. The van der Waals surface area contributed by atoms with Crippen molar-refractivity contribution in [1.29, 1.82) is 0 Å². The molecule has 0 spiro atoms. The van der Waals surface area contributed by atoms with Crippen molar-refractivity contribution in [1.82, 2.24) is 24.0 Å². The molecule has 1 atom stereocenters. The Kier molecular flexibility index (Phi) is 5.14. The largest absolute Gasteiger partial charge is 0.334 e. The maximum Gasteiger partial charge on any atom is 0.334 e. The molecule has 14 heteroatoms. The molecule has 0 saturated heterocycles. The smallest absolute Gasteiger partial charge is 0.334 e. The van der Waals surface area contributed by atoms with Crippen molar-refractivity contribution in [2.45, 2.75) is 32.4 Å². The molecule has 0 aliphatic carbocycles. The van der Waals surface area contributed by atoms with Crippen LogP contribution in [0.25, 0.3) is 28.0 Å². The number of aromatic nitrogens is 4. The Morgan fingerprint density at radius 3 is 2.57 bits per heavy atom. The first-order valence-electron chi connectivity index (χ1n) is 10.4. The third-order valence-corrected chi connectivity index (χ3v) is 7.25. The van der Waals surface area contributed by atoms with Gasteiger partial charge in [-0.15, -0.1) is 0 Å². The van der Waals surface area contributed by atoms with Gasteiger partial charge in [-0.1, -0.05) is 11.2 Å². The van der Waals surface area contributed by atoms with Gasteiger partial charge in [-0.05, 0) is 32.0 Å². The Bertz CT molecular complexity index is 1640. The van der Waals surface area contributed by atoms with E-state index in [-0.39, 0.29) is 22.5 Å². The lowest BCUT2D eigenvalue weighted by Crippen LogP contribution is -2.45. The highest BCUT2D eigenvalue weighted by atomic mass is 32.2. The second kappa shape index (κ2) is 7.75. The molecule has 9 nitrogen and oxygen atoms in total. The molecule has 5 rings (SSSR count). The minimum atomic E-state index is -3.97. The molecule has 1 aliphatic heterocycles. The molecule has 0 unspecified atom stereocenters. The van der Waals surface area contributed by atoms with Crippen molar-refractivity contribution in [3.8, 4) is 16.9 Å². The standard InChI is InChI=1S/C21H17F4N5O4S/c1-3-35(32,33)28-14-8-29-15(21(14,24)25)9-30(20(29)31)18-17-11(7-10(2)26-19(17)34-27-18)16-12(22)5-4-6-13(16)23/h4-7,9,14,28H,3,8H2,1-2H3/t14-/m1/s1. The van der Waals surface area contributed by atoms with Crippen LogP contribution >= 0.6 is 0 Å². The fraction of sp³-hybridized carbons (Fsp3) is 0.286. The number of sulfonamides is 1. The van der Waals surface area contributed by atoms with Gasteiger partial charge in [-0.2, -0.15) is 8.78 Å². The zero-order chi connectivity index (χ0) is 25.3. The van der Waals surface area contributed by atoms with E-state index < -0.39 is 62.9 Å². The van der Waals surface area contributed by atoms with Gasteiger partial charge < -0.3 is 4.52 Å². The van der Waals surface area contributed by atoms with E-state index in [0.717, 1.165) is 22.9 Å². The Morgan fingerprint density at radius 1 is 1.26 bits per heavy atom. The monoisotopic (exact) mass is 511 g/mol. The first kappa shape index (κ1) is 23.2. The summed E-state index contributed by atoms with van der Waals surface area (Å²) in [6, 6.07) is 2.78. The number of alkyl halides is 2. The van der Waals surface area contributed by atoms with Crippen LogP contribution in [0.2, 0.25) is 0 Å². The van der Waals surface area contributed by atoms with Crippen molar-refractivity contribution in [3.63, 3.8) is 0 Å². The molecule has 184 valence electrons. The van der Waals surface area contributed by atoms with E-state index in [9.17, 15) is 22.0 Å². The molecule has 1 aromatic carbocycles. The molecule has 0 radical (unpaired) electrons. The number of pyridine rings is 1. The van der Waals surface area contributed by atoms with E-state index in [4.69, 9.17) is 4.52 Å². The molecule has 0 fully saturated rings. The predicted octanol–water partition coefficient (Wildman–Crippen LogP) is 2.84. The molecule has 3 aromatic heterocycles. The zero-order valence-corrected chi connectivity index (χ0v) is 19.0. The highest BCUT2D eigenvalue weighted by molar-refractivity contribution is 7.89. The summed E-state index contributed by atoms with van der Waals surface area (Å²) >= 11 is 0. The molecule has 1 aliphatic rings. The van der Waals surface area contributed by atoms with E-state index in [1.165, 1.54) is 19.1 Å². The molecule has 4 aromatic rings. The number of benzene rings is 1. The predicted molar refractivity (Wildman–Crippen MR) is 116 cm³/mol. The molecule has 0 bridgehead atoms. The number of fused-ring (bicyclic) bond motifs is 2. The number of halogens is 4. The van der Waals surface area contributed by atoms with Crippen LogP contribution in [-0.4, -0.2) is 39.5 Å². The van der Waals surface area contributed by atoms with Crippen LogP contribution in [0, 0.1) is 18.6 Å². The maximum atomic E-state index is 15.1. The summed E-state index contributed by atoms with van der Waals surface area (Å²) in [6.45, 7) is 2.22. The van der Waals surface area contributed by atoms with E-state index in [0.29, 0.717) is 10.3 Å². The van der Waals surface area contributed by atoms with Crippen molar-refractivity contribution in [2.75, 3.05) is 5.75 Å². The van der Waals surface area contributed by atoms with Crippen LogP contribution in [0.15, 0.2) is 39.8 Å². The lowest BCUT2D eigenvalue weighted by atomic mass is 10.0. The van der Waals surface area contributed by atoms with Crippen LogP contribution in [0.4, 0.5) is 17.6 Å². The third-order valence-electron chi connectivity index (χ3n) is 5.84. The molecular formula is C21H17F4N5O4S. The Morgan fingerprint density at radius 2 is 1.94 bits per heavy atom. The average Bonchev–Trinajstić information content (AvgIpc) is 3.40. The number of rotatable bonds is 5. The maximum absolute atomic E-state index is 15.1. The van der Waals surface area contributed by atoms with Crippen molar-refractivity contribution < 1.29 is 30.5 Å². The molecule has 1 N–H and O–H groups in total. The lowest BCUT2D eigenvalue weighted by Gasteiger charge is -2.19. The normalized spacial score (nSPS) is 17.3. The van der Waals surface area contributed by atoms with Gasteiger partial charge in [0.05, 0.1) is 23.2 Å². The fourth-order valence-electron chi connectivity index (χ4n) is 4.14. The molecule has 35 heavy (non-hydrogen) atoms. The van der Waals surface area contributed by atoms with Gasteiger partial charge in [0.1, 0.15) is 23.4 Å². The Hall–Kier alpha value is -3.52. The third kappa shape index (κ3) is 3.55. The first-order valence-corrected chi connectivity index (χ1v) is 12.0. The van der Waals surface area contributed by atoms with E-state index in [1.807, 2.05) is 4.72 Å². The minimum absolute atomic E-state index is 0.0297. The second-order valence-corrected chi connectivity index (χ2v) is 10.1. The van der Waals surface area contributed by atoms with Crippen LogP contribution < -0.4 is 10.4 Å². The molecule has 4 heterocycles. The van der Waals surface area contributed by atoms with Gasteiger partial charge in [0, 0.05) is 17.5 Å². The molecule has 0 amide bonds. The van der Waals surface area contributed by atoms with Gasteiger partial charge in [-0.3, -0.25) is 4.57 Å². The number of nitrogens with one attached hydrogen (secondary N) is 1. The highest BCUT2D eigenvalue weighted by Crippen LogP contribution is 2.39. The summed E-state index contributed by atoms with van der Waals surface area (Å²) < 4.78 is 91.6. The van der Waals surface area contributed by atoms with Crippen LogP contribution in [0.3, 0.4) is 0 Å².